The van der Waals surface area contributed by atoms with Crippen molar-refractivity contribution in [1.82, 2.24) is 21.3 Å². The molecule has 0 radical (unpaired) electrons. The van der Waals surface area contributed by atoms with E-state index in [4.69, 9.17) is 17.2 Å². The van der Waals surface area contributed by atoms with E-state index in [0.717, 1.165) is 0 Å². The molecule has 1 aliphatic heterocycles. The van der Waals surface area contributed by atoms with Gasteiger partial charge in [0.2, 0.25) is 29.5 Å². The molecule has 0 saturated heterocycles. The smallest absolute Gasteiger partial charge is 0.305 e. The van der Waals surface area contributed by atoms with Gasteiger partial charge in [-0.2, -0.15) is 0 Å². The number of carbonyl (C=O) groups excluding carboxylic acids is 6. The number of nitrogens with one attached hydrogen (secondary N) is 5. The van der Waals surface area contributed by atoms with Crippen LogP contribution in [0.4, 0.5) is 5.69 Å². The van der Waals surface area contributed by atoms with Crippen LogP contribution in [-0.2, 0) is 28.8 Å². The molecule has 0 aromatic heterocycles. The Morgan fingerprint density at radius 1 is 0.933 bits per heavy atom. The third-order valence-electron chi connectivity index (χ3n) is 6.07. The lowest BCUT2D eigenvalue weighted by atomic mass is 10.1. The van der Waals surface area contributed by atoms with Crippen molar-refractivity contribution in [2.24, 2.45) is 22.2 Å². The fourth-order valence-electron chi connectivity index (χ4n) is 3.84. The average molecular weight is 668 g/mol. The molecule has 0 spiro atoms. The first kappa shape index (κ1) is 36.7. The van der Waals surface area contributed by atoms with Gasteiger partial charge in [-0.3, -0.25) is 38.6 Å². The van der Waals surface area contributed by atoms with Gasteiger partial charge in [0, 0.05) is 35.7 Å². The van der Waals surface area contributed by atoms with E-state index in [1.807, 2.05) is 0 Å². The Bertz CT molecular complexity index is 1290. The number of benzene rings is 1. The van der Waals surface area contributed by atoms with E-state index in [0.29, 0.717) is 25.1 Å². The molecule has 2 bridgehead atoms. The van der Waals surface area contributed by atoms with Crippen molar-refractivity contribution in [2.45, 2.75) is 50.2 Å². The maximum Gasteiger partial charge on any atom is 0.305 e. The predicted molar refractivity (Wildman–Crippen MR) is 169 cm³/mol. The number of amides is 6. The Balaban J connectivity index is 2.26. The summed E-state index contributed by atoms with van der Waals surface area (Å²) in [6.07, 6.45) is 0.397. The van der Waals surface area contributed by atoms with E-state index < -0.39 is 72.5 Å². The number of hydrogen-bond acceptors (Lipinski definition) is 10. The fraction of sp³-hybridized carbons (Fsp3) is 0.462. The molecule has 0 aliphatic carbocycles. The molecule has 1 heterocycles. The topological polar surface area (TPSA) is 290 Å². The lowest BCUT2D eigenvalue weighted by molar-refractivity contribution is -0.140. The summed E-state index contributed by atoms with van der Waals surface area (Å²) in [5.74, 6) is -5.36. The zero-order valence-electron chi connectivity index (χ0n) is 24.2. The molecular weight excluding hydrogens is 630 g/mol. The van der Waals surface area contributed by atoms with Crippen LogP contribution in [0, 0.1) is 0 Å². The Kier molecular flexibility index (Phi) is 15.5. The van der Waals surface area contributed by atoms with Gasteiger partial charge in [-0.15, -0.1) is 0 Å². The second-order valence-corrected chi connectivity index (χ2v) is 12.3. The Labute approximate surface area is 266 Å². The fourth-order valence-corrected chi connectivity index (χ4v) is 6.00. The van der Waals surface area contributed by atoms with E-state index in [9.17, 15) is 38.7 Å². The van der Waals surface area contributed by atoms with E-state index in [2.05, 4.69) is 31.6 Å². The zero-order chi connectivity index (χ0) is 33.4. The first-order chi connectivity index (χ1) is 21.3. The number of nitrogens with zero attached hydrogens (tertiary/aromatic N) is 1. The number of aliphatic carboxylic acids is 1. The van der Waals surface area contributed by atoms with Crippen LogP contribution in [0.2, 0.25) is 0 Å². The number of unbranched alkanes of at least 4 members (excludes halogenated alkanes) is 1. The zero-order valence-corrected chi connectivity index (χ0v) is 25.8. The maximum absolute atomic E-state index is 12.9. The molecule has 246 valence electrons. The van der Waals surface area contributed by atoms with Gasteiger partial charge in [-0.1, -0.05) is 27.7 Å². The van der Waals surface area contributed by atoms with Gasteiger partial charge in [-0.25, -0.2) is 0 Å². The number of aliphatic imine (C=N–C) groups is 1. The minimum absolute atomic E-state index is 0.0162. The SMILES string of the molecule is NC(=O)[C@@H]1CSSCCC(=O)N[C@@H](CCCCN=C(N)N)C(=O)NCC(=O)N[C@@H](CC(=O)O)C(=O)Nc2cccc(c2)C(=O)N1. The monoisotopic (exact) mass is 667 g/mol. The largest absolute Gasteiger partial charge is 0.481 e. The number of anilines is 1. The lowest BCUT2D eigenvalue weighted by Gasteiger charge is -2.20. The molecule has 1 aromatic carbocycles. The number of carboxylic acids is 1. The molecule has 12 N–H and O–H groups in total. The van der Waals surface area contributed by atoms with E-state index in [-0.39, 0.29) is 35.8 Å². The van der Waals surface area contributed by atoms with Crippen LogP contribution in [0.15, 0.2) is 29.3 Å². The number of hydrogen-bond donors (Lipinski definition) is 9. The molecule has 3 atom stereocenters. The Hall–Kier alpha value is -4.52. The molecule has 45 heavy (non-hydrogen) atoms. The van der Waals surface area contributed by atoms with Gasteiger partial charge in [0.25, 0.3) is 5.91 Å². The van der Waals surface area contributed by atoms with Crippen molar-refractivity contribution in [3.8, 4) is 0 Å². The summed E-state index contributed by atoms with van der Waals surface area (Å²) < 4.78 is 0. The number of carbonyl (C=O) groups is 7. The summed E-state index contributed by atoms with van der Waals surface area (Å²) in [5.41, 5.74) is 16.3. The quantitative estimate of drug-likeness (QED) is 0.0630. The summed E-state index contributed by atoms with van der Waals surface area (Å²) in [7, 11) is 2.47. The van der Waals surface area contributed by atoms with Crippen LogP contribution < -0.4 is 43.8 Å². The third-order valence-corrected chi connectivity index (χ3v) is 8.49. The van der Waals surface area contributed by atoms with Crippen molar-refractivity contribution in [3.63, 3.8) is 0 Å². The summed E-state index contributed by atoms with van der Waals surface area (Å²) in [6.45, 7) is -0.295. The highest BCUT2D eigenvalue weighted by Crippen LogP contribution is 2.23. The van der Waals surface area contributed by atoms with Gasteiger partial charge < -0.3 is 48.9 Å². The highest BCUT2D eigenvalue weighted by Gasteiger charge is 2.26. The van der Waals surface area contributed by atoms with Crippen LogP contribution in [0.25, 0.3) is 0 Å². The maximum atomic E-state index is 12.9. The third kappa shape index (κ3) is 14.2. The molecule has 6 amide bonds. The molecule has 0 saturated carbocycles. The predicted octanol–water partition coefficient (Wildman–Crippen LogP) is -2.00. The summed E-state index contributed by atoms with van der Waals surface area (Å²) in [6, 6.07) is 2.02. The second-order valence-electron chi connectivity index (χ2n) is 9.71. The van der Waals surface area contributed by atoms with Crippen LogP contribution in [0.1, 0.15) is 42.5 Å². The molecular formula is C26H37N9O8S2. The number of guanidine groups is 1. The molecule has 2 rings (SSSR count). The van der Waals surface area contributed by atoms with Crippen LogP contribution in [0.5, 0.6) is 0 Å². The number of primary amides is 1. The van der Waals surface area contributed by atoms with Gasteiger partial charge in [0.05, 0.1) is 13.0 Å². The van der Waals surface area contributed by atoms with Gasteiger partial charge >= 0.3 is 5.97 Å². The van der Waals surface area contributed by atoms with Crippen LogP contribution in [0.3, 0.4) is 0 Å². The van der Waals surface area contributed by atoms with Crippen LogP contribution >= 0.6 is 21.6 Å². The molecule has 0 unspecified atom stereocenters. The summed E-state index contributed by atoms with van der Waals surface area (Å²) in [4.78, 5) is 91.2. The number of rotatable bonds is 8. The van der Waals surface area contributed by atoms with Crippen molar-refractivity contribution in [3.05, 3.63) is 29.8 Å². The Morgan fingerprint density at radius 2 is 1.67 bits per heavy atom. The van der Waals surface area contributed by atoms with Crippen molar-refractivity contribution < 1.29 is 38.7 Å². The van der Waals surface area contributed by atoms with Crippen LogP contribution in [-0.4, -0.2) is 95.2 Å². The summed E-state index contributed by atoms with van der Waals surface area (Å²) >= 11 is 0. The van der Waals surface area contributed by atoms with E-state index >= 15 is 0 Å². The van der Waals surface area contributed by atoms with Gasteiger partial charge in [-0.05, 0) is 37.5 Å². The molecule has 0 fully saturated rings. The first-order valence-electron chi connectivity index (χ1n) is 13.7. The number of carboxylic acid groups (broad SMARTS) is 1. The molecule has 17 nitrogen and oxygen atoms in total. The highest BCUT2D eigenvalue weighted by atomic mass is 33.1. The first-order valence-corrected chi connectivity index (χ1v) is 16.2. The lowest BCUT2D eigenvalue weighted by Crippen LogP contribution is -2.51. The number of nitrogens with two attached hydrogens (primary N) is 3. The minimum atomic E-state index is -1.54. The summed E-state index contributed by atoms with van der Waals surface area (Å²) in [5, 5.41) is 21.6. The molecule has 1 aliphatic rings. The average Bonchev–Trinajstić information content (AvgIpc) is 2.97. The molecule has 19 heteroatoms. The minimum Gasteiger partial charge on any atom is -0.481 e. The normalized spacial score (nSPS) is 20.9. The van der Waals surface area contributed by atoms with E-state index in [1.54, 1.807) is 0 Å². The van der Waals surface area contributed by atoms with Crippen molar-refractivity contribution in [2.75, 3.05) is 29.9 Å². The van der Waals surface area contributed by atoms with Crippen molar-refractivity contribution >= 4 is 74.6 Å². The standard InChI is InChI=1S/C26H37N9O8S2/c27-22(40)18-13-45-44-9-7-19(36)33-16(6-1-2-8-30-26(28)29)24(42)31-12-20(37)34-17(11-21(38)39)25(43)32-15-5-3-4-14(10-15)23(41)35-18/h3-5,10,16-18H,1-2,6-9,11-13H2,(H2,27,40)(H,31,42)(H,32,43)(H,33,36)(H,34,37)(H,35,41)(H,38,39)(H4,28,29,30)/t16-,17-,18-/m0/s1. The van der Waals surface area contributed by atoms with Crippen molar-refractivity contribution in [1.29, 1.82) is 0 Å². The van der Waals surface area contributed by atoms with E-state index in [1.165, 1.54) is 45.9 Å². The second kappa shape index (κ2) is 19.0. The van der Waals surface area contributed by atoms with Gasteiger partial charge in [0.1, 0.15) is 18.1 Å². The Morgan fingerprint density at radius 3 is 2.36 bits per heavy atom. The molecule has 1 aromatic rings. The number of fused-ring (bicyclic) bond motifs is 2. The van der Waals surface area contributed by atoms with Gasteiger partial charge in [0.15, 0.2) is 5.96 Å². The highest BCUT2D eigenvalue weighted by molar-refractivity contribution is 8.76.